The van der Waals surface area contributed by atoms with Gasteiger partial charge in [-0.3, -0.25) is 0 Å². The van der Waals surface area contributed by atoms with Gasteiger partial charge in [0, 0.05) is 11.8 Å². The highest BCUT2D eigenvalue weighted by atomic mass is 14.9. The van der Waals surface area contributed by atoms with E-state index in [1.165, 1.54) is 11.1 Å². The van der Waals surface area contributed by atoms with Crippen LogP contribution in [0.4, 0.5) is 0 Å². The molecule has 28 heavy (non-hydrogen) atoms. The summed E-state index contributed by atoms with van der Waals surface area (Å²) < 4.78 is 0. The molecule has 0 aliphatic heterocycles. The standard InChI is InChI=1S/C24H26N4/c1-15(2)23-25-13-21(27-23)19-9-5-17(6-10-19)18-7-11-20(12-8-18)22-14-26-24(28-22)16(3)4/h5-16H,1-4H3,(H,25,27)(H,26,28). The summed E-state index contributed by atoms with van der Waals surface area (Å²) in [5, 5.41) is 0. The average Bonchev–Trinajstić information content (AvgIpc) is 3.38. The zero-order valence-electron chi connectivity index (χ0n) is 16.8. The zero-order valence-corrected chi connectivity index (χ0v) is 16.8. The third-order valence-electron chi connectivity index (χ3n) is 5.01. The van der Waals surface area contributed by atoms with E-state index < -0.39 is 0 Å². The highest BCUT2D eigenvalue weighted by Crippen LogP contribution is 2.27. The number of H-pyrrole nitrogens is 2. The van der Waals surface area contributed by atoms with Crippen LogP contribution >= 0.6 is 0 Å². The second-order valence-corrected chi connectivity index (χ2v) is 7.83. The first-order chi connectivity index (χ1) is 13.5. The van der Waals surface area contributed by atoms with Crippen molar-refractivity contribution in [2.75, 3.05) is 0 Å². The summed E-state index contributed by atoms with van der Waals surface area (Å²) in [7, 11) is 0. The fraction of sp³-hybridized carbons (Fsp3) is 0.250. The van der Waals surface area contributed by atoms with E-state index in [0.717, 1.165) is 34.2 Å². The molecule has 2 aromatic heterocycles. The molecular formula is C24H26N4. The Morgan fingerprint density at radius 2 is 0.857 bits per heavy atom. The van der Waals surface area contributed by atoms with Gasteiger partial charge < -0.3 is 9.97 Å². The van der Waals surface area contributed by atoms with Crippen molar-refractivity contribution in [3.63, 3.8) is 0 Å². The molecule has 0 unspecified atom stereocenters. The number of rotatable bonds is 5. The lowest BCUT2D eigenvalue weighted by molar-refractivity contribution is 0.795. The van der Waals surface area contributed by atoms with Crippen LogP contribution in [0.2, 0.25) is 0 Å². The molecule has 0 aliphatic rings. The maximum atomic E-state index is 4.46. The number of aromatic amines is 2. The van der Waals surface area contributed by atoms with E-state index in [9.17, 15) is 0 Å². The Balaban J connectivity index is 1.54. The molecule has 0 saturated carbocycles. The lowest BCUT2D eigenvalue weighted by Crippen LogP contribution is -1.89. The topological polar surface area (TPSA) is 57.4 Å². The first-order valence-corrected chi connectivity index (χ1v) is 9.82. The van der Waals surface area contributed by atoms with Gasteiger partial charge in [-0.25, -0.2) is 9.97 Å². The molecule has 0 fully saturated rings. The Hall–Kier alpha value is -3.14. The van der Waals surface area contributed by atoms with Crippen molar-refractivity contribution < 1.29 is 0 Å². The van der Waals surface area contributed by atoms with Gasteiger partial charge in [-0.05, 0) is 22.3 Å². The summed E-state index contributed by atoms with van der Waals surface area (Å²) in [4.78, 5) is 15.7. The highest BCUT2D eigenvalue weighted by molar-refractivity contribution is 5.71. The quantitative estimate of drug-likeness (QED) is 0.428. The summed E-state index contributed by atoms with van der Waals surface area (Å²) in [6, 6.07) is 17.2. The molecule has 0 saturated heterocycles. The van der Waals surface area contributed by atoms with Crippen LogP contribution in [0.25, 0.3) is 33.6 Å². The molecule has 4 aromatic rings. The third kappa shape index (κ3) is 3.63. The van der Waals surface area contributed by atoms with Crippen LogP contribution in [0.15, 0.2) is 60.9 Å². The predicted molar refractivity (Wildman–Crippen MR) is 115 cm³/mol. The van der Waals surface area contributed by atoms with E-state index in [4.69, 9.17) is 0 Å². The second-order valence-electron chi connectivity index (χ2n) is 7.83. The van der Waals surface area contributed by atoms with E-state index in [1.54, 1.807) is 0 Å². The number of benzene rings is 2. The smallest absolute Gasteiger partial charge is 0.109 e. The Kier molecular flexibility index (Phi) is 4.86. The largest absolute Gasteiger partial charge is 0.342 e. The van der Waals surface area contributed by atoms with Crippen molar-refractivity contribution in [1.82, 2.24) is 19.9 Å². The van der Waals surface area contributed by atoms with Gasteiger partial charge in [-0.2, -0.15) is 0 Å². The molecule has 0 amide bonds. The molecule has 4 heteroatoms. The molecule has 0 spiro atoms. The number of aromatic nitrogens is 4. The molecular weight excluding hydrogens is 344 g/mol. The normalized spacial score (nSPS) is 11.5. The van der Waals surface area contributed by atoms with Gasteiger partial charge in [0.2, 0.25) is 0 Å². The molecule has 0 atom stereocenters. The fourth-order valence-corrected chi connectivity index (χ4v) is 3.24. The number of imidazole rings is 2. The minimum absolute atomic E-state index is 0.401. The zero-order chi connectivity index (χ0) is 19.7. The lowest BCUT2D eigenvalue weighted by Gasteiger charge is -2.05. The Bertz CT molecular complexity index is 963. The fourth-order valence-electron chi connectivity index (χ4n) is 3.24. The molecule has 0 bridgehead atoms. The van der Waals surface area contributed by atoms with Crippen molar-refractivity contribution >= 4 is 0 Å². The Morgan fingerprint density at radius 3 is 1.14 bits per heavy atom. The van der Waals surface area contributed by atoms with Crippen LogP contribution in [0.5, 0.6) is 0 Å². The maximum absolute atomic E-state index is 4.46. The molecule has 4 rings (SSSR count). The first kappa shape index (κ1) is 18.2. The SMILES string of the molecule is CC(C)c1ncc(-c2ccc(-c3ccc(-c4cnc(C(C)C)[nH]4)cc3)cc2)[nH]1. The second kappa shape index (κ2) is 7.47. The molecule has 142 valence electrons. The van der Waals surface area contributed by atoms with E-state index in [-0.39, 0.29) is 0 Å². The minimum atomic E-state index is 0.401. The van der Waals surface area contributed by atoms with Gasteiger partial charge in [0.1, 0.15) is 11.6 Å². The van der Waals surface area contributed by atoms with Gasteiger partial charge in [0.05, 0.1) is 23.8 Å². The monoisotopic (exact) mass is 370 g/mol. The van der Waals surface area contributed by atoms with Crippen LogP contribution in [0.1, 0.15) is 51.2 Å². The van der Waals surface area contributed by atoms with E-state index in [1.807, 2.05) is 12.4 Å². The summed E-state index contributed by atoms with van der Waals surface area (Å²) in [6.45, 7) is 8.56. The maximum Gasteiger partial charge on any atom is 0.109 e. The number of hydrogen-bond donors (Lipinski definition) is 2. The van der Waals surface area contributed by atoms with Crippen LogP contribution in [0, 0.1) is 0 Å². The molecule has 2 N–H and O–H groups in total. The summed E-state index contributed by atoms with van der Waals surface area (Å²) >= 11 is 0. The number of hydrogen-bond acceptors (Lipinski definition) is 2. The molecule has 0 radical (unpaired) electrons. The Labute approximate surface area is 166 Å². The molecule has 4 nitrogen and oxygen atoms in total. The summed E-state index contributed by atoms with van der Waals surface area (Å²) in [5.74, 6) is 2.85. The molecule has 2 aromatic carbocycles. The number of nitrogens with one attached hydrogen (secondary N) is 2. The van der Waals surface area contributed by atoms with E-state index >= 15 is 0 Å². The van der Waals surface area contributed by atoms with E-state index in [0.29, 0.717) is 11.8 Å². The van der Waals surface area contributed by atoms with E-state index in [2.05, 4.69) is 96.2 Å². The highest BCUT2D eigenvalue weighted by Gasteiger charge is 2.08. The van der Waals surface area contributed by atoms with Crippen LogP contribution in [-0.2, 0) is 0 Å². The number of nitrogens with zero attached hydrogens (tertiary/aromatic N) is 2. The van der Waals surface area contributed by atoms with Crippen LogP contribution in [0.3, 0.4) is 0 Å². The van der Waals surface area contributed by atoms with Gasteiger partial charge >= 0.3 is 0 Å². The third-order valence-corrected chi connectivity index (χ3v) is 5.01. The van der Waals surface area contributed by atoms with Crippen molar-refractivity contribution in [1.29, 1.82) is 0 Å². The van der Waals surface area contributed by atoms with Crippen molar-refractivity contribution in [2.24, 2.45) is 0 Å². The van der Waals surface area contributed by atoms with Crippen LogP contribution in [-0.4, -0.2) is 19.9 Å². The average molecular weight is 370 g/mol. The van der Waals surface area contributed by atoms with Gasteiger partial charge in [-0.1, -0.05) is 76.2 Å². The molecule has 2 heterocycles. The summed E-state index contributed by atoms with van der Waals surface area (Å²) in [6.07, 6.45) is 3.82. The first-order valence-electron chi connectivity index (χ1n) is 9.82. The lowest BCUT2D eigenvalue weighted by atomic mass is 10.0. The molecule has 0 aliphatic carbocycles. The predicted octanol–water partition coefficient (Wildman–Crippen LogP) is 6.38. The summed E-state index contributed by atoms with van der Waals surface area (Å²) in [5.41, 5.74) is 6.83. The van der Waals surface area contributed by atoms with Crippen molar-refractivity contribution in [2.45, 2.75) is 39.5 Å². The van der Waals surface area contributed by atoms with Crippen molar-refractivity contribution in [3.05, 3.63) is 72.6 Å². The van der Waals surface area contributed by atoms with Gasteiger partial charge in [-0.15, -0.1) is 0 Å². The Morgan fingerprint density at radius 1 is 0.536 bits per heavy atom. The van der Waals surface area contributed by atoms with Gasteiger partial charge in [0.25, 0.3) is 0 Å². The minimum Gasteiger partial charge on any atom is -0.342 e. The van der Waals surface area contributed by atoms with Crippen molar-refractivity contribution in [3.8, 4) is 33.6 Å². The van der Waals surface area contributed by atoms with Crippen LogP contribution < -0.4 is 0 Å². The van der Waals surface area contributed by atoms with Gasteiger partial charge in [0.15, 0.2) is 0 Å².